The van der Waals surface area contributed by atoms with Crippen LogP contribution in [-0.2, 0) is 13.0 Å². The molecule has 0 bridgehead atoms. The summed E-state index contributed by atoms with van der Waals surface area (Å²) in [6, 6.07) is 0. The lowest BCUT2D eigenvalue weighted by Crippen LogP contribution is -2.23. The lowest BCUT2D eigenvalue weighted by molar-refractivity contribution is 0.156. The summed E-state index contributed by atoms with van der Waals surface area (Å²) in [5.74, 6) is 0. The molecule has 6 heteroatoms. The van der Waals surface area contributed by atoms with Gasteiger partial charge in [-0.15, -0.1) is 11.3 Å². The van der Waals surface area contributed by atoms with Gasteiger partial charge in [0, 0.05) is 18.5 Å². The van der Waals surface area contributed by atoms with E-state index in [-0.39, 0.29) is 6.54 Å². The second-order valence-electron chi connectivity index (χ2n) is 3.77. The number of aryl methyl sites for hydroxylation is 1. The van der Waals surface area contributed by atoms with Gasteiger partial charge in [-0.05, 0) is 13.0 Å². The predicted octanol–water partition coefficient (Wildman–Crippen LogP) is 2.52. The minimum Gasteiger partial charge on any atom is -0.345 e. The van der Waals surface area contributed by atoms with E-state index in [2.05, 4.69) is 10.3 Å². The molecule has 0 fully saturated rings. The average Bonchev–Trinajstić information content (AvgIpc) is 2.68. The molecule has 0 radical (unpaired) electrons. The molecule has 1 rings (SSSR count). The van der Waals surface area contributed by atoms with E-state index in [0.717, 1.165) is 30.1 Å². The van der Waals surface area contributed by atoms with Crippen molar-refractivity contribution in [3.8, 4) is 0 Å². The van der Waals surface area contributed by atoms with Crippen molar-refractivity contribution in [1.29, 1.82) is 0 Å². The van der Waals surface area contributed by atoms with Crippen molar-refractivity contribution in [3.63, 3.8) is 0 Å². The number of nitrogens with zero attached hydrogens (tertiary/aromatic N) is 2. The van der Waals surface area contributed by atoms with E-state index in [1.165, 1.54) is 16.2 Å². The molecule has 0 aromatic carbocycles. The molecule has 17 heavy (non-hydrogen) atoms. The van der Waals surface area contributed by atoms with Crippen LogP contribution in [0.1, 0.15) is 24.4 Å². The van der Waals surface area contributed by atoms with Gasteiger partial charge in [0.1, 0.15) is 0 Å². The number of halogens is 2. The van der Waals surface area contributed by atoms with E-state index in [1.54, 1.807) is 7.05 Å². The molecule has 0 aliphatic rings. The van der Waals surface area contributed by atoms with Crippen molar-refractivity contribution in [2.75, 3.05) is 25.0 Å². The van der Waals surface area contributed by atoms with Crippen LogP contribution < -0.4 is 10.2 Å². The van der Waals surface area contributed by atoms with Gasteiger partial charge in [0.25, 0.3) is 6.43 Å². The van der Waals surface area contributed by atoms with Gasteiger partial charge in [-0.1, -0.05) is 13.8 Å². The first-order chi connectivity index (χ1) is 8.08. The third kappa shape index (κ3) is 4.20. The highest BCUT2D eigenvalue weighted by atomic mass is 32.1. The van der Waals surface area contributed by atoms with E-state index in [9.17, 15) is 8.78 Å². The number of hydrogen-bond donors (Lipinski definition) is 1. The highest BCUT2D eigenvalue weighted by molar-refractivity contribution is 7.15. The Hall–Kier alpha value is -0.750. The zero-order chi connectivity index (χ0) is 12.8. The van der Waals surface area contributed by atoms with Gasteiger partial charge in [0.05, 0.1) is 12.2 Å². The van der Waals surface area contributed by atoms with Crippen molar-refractivity contribution in [3.05, 3.63) is 10.6 Å². The Morgan fingerprint density at radius 2 is 2.12 bits per heavy atom. The molecular formula is C11H19F2N3S. The van der Waals surface area contributed by atoms with Gasteiger partial charge in [-0.3, -0.25) is 0 Å². The second kappa shape index (κ2) is 6.86. The Bertz CT molecular complexity index is 341. The molecule has 1 N–H and O–H groups in total. The average molecular weight is 263 g/mol. The van der Waals surface area contributed by atoms with Gasteiger partial charge in [0.2, 0.25) is 0 Å². The molecule has 3 nitrogen and oxygen atoms in total. The summed E-state index contributed by atoms with van der Waals surface area (Å²) in [4.78, 5) is 7.07. The Morgan fingerprint density at radius 3 is 2.65 bits per heavy atom. The minimum atomic E-state index is -2.33. The Labute approximate surface area is 105 Å². The van der Waals surface area contributed by atoms with Crippen LogP contribution in [0.2, 0.25) is 0 Å². The summed E-state index contributed by atoms with van der Waals surface area (Å²) in [6.45, 7) is 5.46. The van der Waals surface area contributed by atoms with Crippen LogP contribution in [0.4, 0.5) is 13.9 Å². The van der Waals surface area contributed by atoms with Crippen LogP contribution in [-0.4, -0.2) is 31.5 Å². The first kappa shape index (κ1) is 14.3. The van der Waals surface area contributed by atoms with E-state index in [4.69, 9.17) is 0 Å². The van der Waals surface area contributed by atoms with Gasteiger partial charge in [0.15, 0.2) is 5.13 Å². The van der Waals surface area contributed by atoms with Crippen molar-refractivity contribution in [1.82, 2.24) is 10.3 Å². The molecule has 98 valence electrons. The Morgan fingerprint density at radius 1 is 1.41 bits per heavy atom. The maximum atomic E-state index is 12.3. The second-order valence-corrected chi connectivity index (χ2v) is 4.83. The van der Waals surface area contributed by atoms with Crippen molar-refractivity contribution in [2.24, 2.45) is 0 Å². The number of hydrogen-bond acceptors (Lipinski definition) is 4. The van der Waals surface area contributed by atoms with Gasteiger partial charge < -0.3 is 10.2 Å². The van der Waals surface area contributed by atoms with Crippen molar-refractivity contribution < 1.29 is 8.78 Å². The number of anilines is 1. The zero-order valence-corrected chi connectivity index (χ0v) is 11.3. The molecule has 0 aliphatic carbocycles. The minimum absolute atomic E-state index is 0.267. The largest absolute Gasteiger partial charge is 0.345 e. The Kier molecular flexibility index (Phi) is 5.77. The molecule has 0 amide bonds. The standard InChI is InChI=1S/C11H19F2N3S/c1-4-8-9(6-14-5-2)17-11(15-8)16(3)7-10(12)13/h10,14H,4-7H2,1-3H3. The maximum absolute atomic E-state index is 12.3. The number of alkyl halides is 2. The molecule has 1 heterocycles. The molecule has 0 saturated heterocycles. The van der Waals surface area contributed by atoms with E-state index in [0.29, 0.717) is 5.13 Å². The quantitative estimate of drug-likeness (QED) is 0.819. The SMILES string of the molecule is CCNCc1sc(N(C)CC(F)F)nc1CC. The topological polar surface area (TPSA) is 28.2 Å². The molecule has 0 aliphatic heterocycles. The normalized spacial score (nSPS) is 11.2. The van der Waals surface area contributed by atoms with E-state index < -0.39 is 6.43 Å². The lowest BCUT2D eigenvalue weighted by atomic mass is 10.3. The van der Waals surface area contributed by atoms with Gasteiger partial charge in [-0.2, -0.15) is 0 Å². The summed E-state index contributed by atoms with van der Waals surface area (Å²) in [7, 11) is 1.65. The van der Waals surface area contributed by atoms with Crippen molar-refractivity contribution >= 4 is 16.5 Å². The predicted molar refractivity (Wildman–Crippen MR) is 68.1 cm³/mol. The molecule has 0 atom stereocenters. The zero-order valence-electron chi connectivity index (χ0n) is 10.5. The Balaban J connectivity index is 2.76. The van der Waals surface area contributed by atoms with Crippen LogP contribution in [0.5, 0.6) is 0 Å². The maximum Gasteiger partial charge on any atom is 0.255 e. The first-order valence-electron chi connectivity index (χ1n) is 5.77. The lowest BCUT2D eigenvalue weighted by Gasteiger charge is -2.14. The van der Waals surface area contributed by atoms with Gasteiger partial charge in [-0.25, -0.2) is 13.8 Å². The molecule has 0 unspecified atom stereocenters. The number of aromatic nitrogens is 1. The number of rotatable bonds is 7. The van der Waals surface area contributed by atoms with Crippen LogP contribution in [0, 0.1) is 0 Å². The van der Waals surface area contributed by atoms with E-state index in [1.807, 2.05) is 13.8 Å². The first-order valence-corrected chi connectivity index (χ1v) is 6.58. The van der Waals surface area contributed by atoms with Crippen LogP contribution in [0.15, 0.2) is 0 Å². The summed E-state index contributed by atoms with van der Waals surface area (Å²) < 4.78 is 24.6. The van der Waals surface area contributed by atoms with Crippen LogP contribution >= 0.6 is 11.3 Å². The van der Waals surface area contributed by atoms with Crippen LogP contribution in [0.3, 0.4) is 0 Å². The smallest absolute Gasteiger partial charge is 0.255 e. The molecule has 0 spiro atoms. The number of thiazole rings is 1. The molecular weight excluding hydrogens is 244 g/mol. The fraction of sp³-hybridized carbons (Fsp3) is 0.727. The summed E-state index contributed by atoms with van der Waals surface area (Å²) in [5, 5.41) is 3.91. The summed E-state index contributed by atoms with van der Waals surface area (Å²) in [5.41, 5.74) is 1.01. The highest BCUT2D eigenvalue weighted by Gasteiger charge is 2.15. The molecule has 0 saturated carbocycles. The monoisotopic (exact) mass is 263 g/mol. The summed E-state index contributed by atoms with van der Waals surface area (Å²) >= 11 is 1.49. The van der Waals surface area contributed by atoms with E-state index >= 15 is 0 Å². The molecule has 1 aromatic heterocycles. The fourth-order valence-electron chi connectivity index (χ4n) is 1.47. The third-order valence-corrected chi connectivity index (χ3v) is 3.59. The number of nitrogens with one attached hydrogen (secondary N) is 1. The molecule has 1 aromatic rings. The highest BCUT2D eigenvalue weighted by Crippen LogP contribution is 2.26. The van der Waals surface area contributed by atoms with Gasteiger partial charge >= 0.3 is 0 Å². The van der Waals surface area contributed by atoms with Crippen LogP contribution in [0.25, 0.3) is 0 Å². The van der Waals surface area contributed by atoms with Crippen molar-refractivity contribution in [2.45, 2.75) is 33.2 Å². The fourth-order valence-corrected chi connectivity index (χ4v) is 2.56. The summed E-state index contributed by atoms with van der Waals surface area (Å²) in [6.07, 6.45) is -1.49. The third-order valence-electron chi connectivity index (χ3n) is 2.38.